The molecular formula is C14H12N4O. The fourth-order valence-electron chi connectivity index (χ4n) is 1.84. The second-order valence-corrected chi connectivity index (χ2v) is 4.25. The van der Waals surface area contributed by atoms with Crippen LogP contribution in [0.2, 0.25) is 0 Å². The lowest BCUT2D eigenvalue weighted by Gasteiger charge is -2.06. The molecule has 5 nitrogen and oxygen atoms in total. The lowest BCUT2D eigenvalue weighted by molar-refractivity contribution is 0.102. The Morgan fingerprint density at radius 1 is 1.11 bits per heavy atom. The Balaban J connectivity index is 1.92. The van der Waals surface area contributed by atoms with Gasteiger partial charge in [-0.2, -0.15) is 5.10 Å². The van der Waals surface area contributed by atoms with Crippen LogP contribution >= 0.6 is 0 Å². The molecule has 94 valence electrons. The van der Waals surface area contributed by atoms with Crippen LogP contribution in [0.15, 0.2) is 48.8 Å². The third-order valence-electron chi connectivity index (χ3n) is 2.83. The molecular weight excluding hydrogens is 240 g/mol. The average Bonchev–Trinajstić information content (AvgIpc) is 2.89. The number of hydrogen-bond acceptors (Lipinski definition) is 3. The van der Waals surface area contributed by atoms with E-state index in [2.05, 4.69) is 15.4 Å². The minimum absolute atomic E-state index is 0.208. The van der Waals surface area contributed by atoms with Gasteiger partial charge in [-0.1, -0.05) is 17.7 Å². The first-order valence-electron chi connectivity index (χ1n) is 5.91. The van der Waals surface area contributed by atoms with Crippen molar-refractivity contribution in [3.8, 4) is 0 Å². The molecule has 0 bridgehead atoms. The fourth-order valence-corrected chi connectivity index (χ4v) is 1.84. The highest BCUT2D eigenvalue weighted by atomic mass is 16.2. The molecule has 5 heteroatoms. The number of rotatable bonds is 2. The molecule has 0 saturated carbocycles. The summed E-state index contributed by atoms with van der Waals surface area (Å²) in [4.78, 5) is 16.3. The number of amides is 1. The van der Waals surface area contributed by atoms with Crippen molar-refractivity contribution in [2.45, 2.75) is 6.92 Å². The monoisotopic (exact) mass is 252 g/mol. The first-order valence-corrected chi connectivity index (χ1v) is 5.91. The maximum atomic E-state index is 12.2. The number of nitrogens with one attached hydrogen (secondary N) is 1. The molecule has 0 radical (unpaired) electrons. The van der Waals surface area contributed by atoms with E-state index < -0.39 is 0 Å². The van der Waals surface area contributed by atoms with Crippen LogP contribution < -0.4 is 5.32 Å². The van der Waals surface area contributed by atoms with Crippen molar-refractivity contribution in [3.05, 3.63) is 60.0 Å². The molecule has 2 heterocycles. The highest BCUT2D eigenvalue weighted by Crippen LogP contribution is 2.11. The lowest BCUT2D eigenvalue weighted by Crippen LogP contribution is -2.16. The summed E-state index contributed by atoms with van der Waals surface area (Å²) < 4.78 is 1.52. The van der Waals surface area contributed by atoms with E-state index >= 15 is 0 Å². The predicted octanol–water partition coefficient (Wildman–Crippen LogP) is 2.29. The highest BCUT2D eigenvalue weighted by molar-refractivity contribution is 6.03. The summed E-state index contributed by atoms with van der Waals surface area (Å²) in [5, 5.41) is 6.93. The number of nitrogens with zero attached hydrogens (tertiary/aromatic N) is 3. The van der Waals surface area contributed by atoms with Gasteiger partial charge in [0.25, 0.3) is 5.91 Å². The Morgan fingerprint density at radius 2 is 1.89 bits per heavy atom. The van der Waals surface area contributed by atoms with E-state index in [4.69, 9.17) is 0 Å². The molecule has 0 fully saturated rings. The van der Waals surface area contributed by atoms with Gasteiger partial charge in [0.2, 0.25) is 0 Å². The van der Waals surface area contributed by atoms with Gasteiger partial charge in [-0.25, -0.2) is 9.50 Å². The Morgan fingerprint density at radius 3 is 2.68 bits per heavy atom. The molecule has 0 unspecified atom stereocenters. The number of carbonyl (C=O) groups excluding carboxylic acids is 1. The van der Waals surface area contributed by atoms with Crippen LogP contribution in [-0.4, -0.2) is 20.5 Å². The largest absolute Gasteiger partial charge is 0.321 e. The Bertz CT molecular complexity index is 731. The molecule has 3 rings (SSSR count). The van der Waals surface area contributed by atoms with Crippen LogP contribution in [-0.2, 0) is 0 Å². The molecule has 0 spiro atoms. The molecule has 2 aromatic heterocycles. The summed E-state index contributed by atoms with van der Waals surface area (Å²) in [7, 11) is 0. The topological polar surface area (TPSA) is 59.3 Å². The summed E-state index contributed by atoms with van der Waals surface area (Å²) in [5.41, 5.74) is 3.01. The van der Waals surface area contributed by atoms with Gasteiger partial charge in [0.05, 0.1) is 6.20 Å². The molecule has 19 heavy (non-hydrogen) atoms. The average molecular weight is 252 g/mol. The zero-order valence-corrected chi connectivity index (χ0v) is 10.4. The van der Waals surface area contributed by atoms with E-state index in [1.807, 2.05) is 31.2 Å². The van der Waals surface area contributed by atoms with Crippen molar-refractivity contribution in [1.29, 1.82) is 0 Å². The lowest BCUT2D eigenvalue weighted by atomic mass is 10.2. The third kappa shape index (κ3) is 2.18. The van der Waals surface area contributed by atoms with Crippen molar-refractivity contribution in [1.82, 2.24) is 14.6 Å². The molecule has 3 aromatic rings. The van der Waals surface area contributed by atoms with Crippen LogP contribution in [0.25, 0.3) is 5.65 Å². The number of anilines is 1. The van der Waals surface area contributed by atoms with Crippen LogP contribution in [0.1, 0.15) is 16.1 Å². The van der Waals surface area contributed by atoms with Gasteiger partial charge in [-0.15, -0.1) is 0 Å². The number of carbonyl (C=O) groups is 1. The molecule has 0 aliphatic heterocycles. The summed E-state index contributed by atoms with van der Waals surface area (Å²) in [6.45, 7) is 2.00. The Hall–Kier alpha value is -2.69. The molecule has 1 N–H and O–H groups in total. The minimum Gasteiger partial charge on any atom is -0.321 e. The number of aromatic nitrogens is 3. The van der Waals surface area contributed by atoms with Crippen LogP contribution in [0.4, 0.5) is 5.69 Å². The zero-order valence-electron chi connectivity index (χ0n) is 10.4. The van der Waals surface area contributed by atoms with Crippen molar-refractivity contribution >= 4 is 17.2 Å². The molecule has 1 aromatic carbocycles. The molecule has 0 atom stereocenters. The van der Waals surface area contributed by atoms with Crippen LogP contribution in [0.3, 0.4) is 0 Å². The van der Waals surface area contributed by atoms with Gasteiger partial charge in [-0.3, -0.25) is 4.79 Å². The van der Waals surface area contributed by atoms with Gasteiger partial charge in [0.1, 0.15) is 5.69 Å². The highest BCUT2D eigenvalue weighted by Gasteiger charge is 2.11. The summed E-state index contributed by atoms with van der Waals surface area (Å²) >= 11 is 0. The molecule has 0 aliphatic rings. The molecule has 0 aliphatic carbocycles. The minimum atomic E-state index is -0.208. The zero-order chi connectivity index (χ0) is 13.2. The quantitative estimate of drug-likeness (QED) is 0.761. The Labute approximate surface area is 109 Å². The van der Waals surface area contributed by atoms with Gasteiger partial charge >= 0.3 is 0 Å². The van der Waals surface area contributed by atoms with Crippen molar-refractivity contribution < 1.29 is 4.79 Å². The normalized spacial score (nSPS) is 10.6. The maximum absolute atomic E-state index is 12.2. The second kappa shape index (κ2) is 4.53. The summed E-state index contributed by atoms with van der Waals surface area (Å²) in [6.07, 6.45) is 3.21. The van der Waals surface area contributed by atoms with E-state index in [1.54, 1.807) is 24.5 Å². The molecule has 0 saturated heterocycles. The number of hydrogen-bond donors (Lipinski definition) is 1. The number of benzene rings is 1. The van der Waals surface area contributed by atoms with Crippen molar-refractivity contribution in [3.63, 3.8) is 0 Å². The number of fused-ring (bicyclic) bond motifs is 1. The SMILES string of the molecule is Cc1ccc(NC(=O)c2ccnc3ccnn23)cc1. The smallest absolute Gasteiger partial charge is 0.274 e. The van der Waals surface area contributed by atoms with Gasteiger partial charge < -0.3 is 5.32 Å². The first kappa shape index (κ1) is 11.4. The second-order valence-electron chi connectivity index (χ2n) is 4.25. The summed E-state index contributed by atoms with van der Waals surface area (Å²) in [6, 6.07) is 11.0. The van der Waals surface area contributed by atoms with E-state index in [9.17, 15) is 4.79 Å². The van der Waals surface area contributed by atoms with Crippen molar-refractivity contribution in [2.75, 3.05) is 5.32 Å². The molecule has 1 amide bonds. The van der Waals surface area contributed by atoms with Gasteiger partial charge in [-0.05, 0) is 25.1 Å². The van der Waals surface area contributed by atoms with E-state index in [0.717, 1.165) is 11.3 Å². The van der Waals surface area contributed by atoms with Crippen LogP contribution in [0, 0.1) is 6.92 Å². The maximum Gasteiger partial charge on any atom is 0.274 e. The van der Waals surface area contributed by atoms with Crippen molar-refractivity contribution in [2.24, 2.45) is 0 Å². The fraction of sp³-hybridized carbons (Fsp3) is 0.0714. The number of aryl methyl sites for hydroxylation is 1. The predicted molar refractivity (Wildman–Crippen MR) is 72.1 cm³/mol. The standard InChI is InChI=1S/C14H12N4O/c1-10-2-4-11(5-3-10)17-14(19)12-6-8-15-13-7-9-16-18(12)13/h2-9H,1H3,(H,17,19). The van der Waals surface area contributed by atoms with E-state index in [-0.39, 0.29) is 5.91 Å². The van der Waals surface area contributed by atoms with E-state index in [0.29, 0.717) is 11.3 Å². The van der Waals surface area contributed by atoms with E-state index in [1.165, 1.54) is 4.52 Å². The van der Waals surface area contributed by atoms with Gasteiger partial charge in [0, 0.05) is 18.0 Å². The van der Waals surface area contributed by atoms with Gasteiger partial charge in [0.15, 0.2) is 5.65 Å². The Kier molecular flexibility index (Phi) is 2.72. The third-order valence-corrected chi connectivity index (χ3v) is 2.83. The summed E-state index contributed by atoms with van der Waals surface area (Å²) in [5.74, 6) is -0.208. The van der Waals surface area contributed by atoms with Crippen LogP contribution in [0.5, 0.6) is 0 Å². The first-order chi connectivity index (χ1) is 9.24.